The average Bonchev–Trinajstić information content (AvgIpc) is 2.66. The van der Waals surface area contributed by atoms with Crippen LogP contribution in [0.25, 0.3) is 11.4 Å². The van der Waals surface area contributed by atoms with Gasteiger partial charge in [-0.1, -0.05) is 13.8 Å². The molecule has 0 saturated carbocycles. The van der Waals surface area contributed by atoms with Gasteiger partial charge in [0, 0.05) is 42.0 Å². The van der Waals surface area contributed by atoms with E-state index < -0.39 is 6.04 Å². The van der Waals surface area contributed by atoms with Gasteiger partial charge in [0.2, 0.25) is 0 Å². The number of hydrogen-bond acceptors (Lipinski definition) is 5. The van der Waals surface area contributed by atoms with Crippen molar-refractivity contribution in [2.45, 2.75) is 19.9 Å². The van der Waals surface area contributed by atoms with Crippen molar-refractivity contribution in [3.05, 3.63) is 76.7 Å². The molecule has 0 saturated heterocycles. The molecule has 0 aliphatic heterocycles. The summed E-state index contributed by atoms with van der Waals surface area (Å²) in [6.45, 7) is 3.92. The van der Waals surface area contributed by atoms with E-state index in [1.807, 2.05) is 19.9 Å². The molecule has 3 rings (SSSR count). The van der Waals surface area contributed by atoms with Crippen molar-refractivity contribution in [2.75, 3.05) is 0 Å². The van der Waals surface area contributed by atoms with E-state index in [0.717, 1.165) is 0 Å². The summed E-state index contributed by atoms with van der Waals surface area (Å²) in [6.07, 6.45) is 6.40. The van der Waals surface area contributed by atoms with Gasteiger partial charge in [0.15, 0.2) is 0 Å². The summed E-state index contributed by atoms with van der Waals surface area (Å²) >= 11 is 0. The largest absolute Gasteiger partial charge is 0.343 e. The van der Waals surface area contributed by atoms with E-state index in [-0.39, 0.29) is 17.4 Å². The zero-order valence-corrected chi connectivity index (χ0v) is 14.5. The SMILES string of the molecule is CC(C)[C@H](NC(=O)c1ccncc1)c1cc(=O)[nH]c(-c2cccnc2)n1. The summed E-state index contributed by atoms with van der Waals surface area (Å²) in [5.41, 5.74) is 1.43. The maximum absolute atomic E-state index is 12.5. The Kier molecular flexibility index (Phi) is 5.17. The highest BCUT2D eigenvalue weighted by molar-refractivity contribution is 5.94. The number of H-pyrrole nitrogens is 1. The molecular formula is C19H19N5O2. The summed E-state index contributed by atoms with van der Waals surface area (Å²) in [5, 5.41) is 2.96. The molecule has 7 heteroatoms. The maximum Gasteiger partial charge on any atom is 0.251 e. The van der Waals surface area contributed by atoms with Gasteiger partial charge in [0.1, 0.15) is 5.82 Å². The van der Waals surface area contributed by atoms with E-state index in [1.54, 1.807) is 43.0 Å². The smallest absolute Gasteiger partial charge is 0.251 e. The van der Waals surface area contributed by atoms with Crippen LogP contribution in [0.4, 0.5) is 0 Å². The van der Waals surface area contributed by atoms with Gasteiger partial charge in [-0.25, -0.2) is 4.98 Å². The Balaban J connectivity index is 1.95. The van der Waals surface area contributed by atoms with Crippen LogP contribution in [0.15, 0.2) is 59.9 Å². The number of hydrogen-bond donors (Lipinski definition) is 2. The lowest BCUT2D eigenvalue weighted by molar-refractivity contribution is 0.0924. The molecule has 7 nitrogen and oxygen atoms in total. The monoisotopic (exact) mass is 349 g/mol. The second-order valence-electron chi connectivity index (χ2n) is 6.19. The standard InChI is InChI=1S/C19H19N5O2/c1-12(2)17(24-19(26)13-5-8-20-9-6-13)15-10-16(25)23-18(22-15)14-4-3-7-21-11-14/h3-12,17H,1-2H3,(H,24,26)(H,22,23,25)/t17-/m0/s1. The van der Waals surface area contributed by atoms with Crippen LogP contribution in [0.5, 0.6) is 0 Å². The molecule has 0 aromatic carbocycles. The lowest BCUT2D eigenvalue weighted by Crippen LogP contribution is -2.33. The third kappa shape index (κ3) is 4.00. The number of nitrogens with zero attached hydrogens (tertiary/aromatic N) is 3. The zero-order chi connectivity index (χ0) is 18.5. The Hall–Kier alpha value is -3.35. The third-order valence-electron chi connectivity index (χ3n) is 3.91. The van der Waals surface area contributed by atoms with Crippen molar-refractivity contribution in [1.82, 2.24) is 25.3 Å². The highest BCUT2D eigenvalue weighted by atomic mass is 16.1. The van der Waals surface area contributed by atoms with Crippen molar-refractivity contribution in [3.63, 3.8) is 0 Å². The zero-order valence-electron chi connectivity index (χ0n) is 14.5. The molecule has 3 aromatic heterocycles. The van der Waals surface area contributed by atoms with Crippen LogP contribution in [-0.2, 0) is 0 Å². The Morgan fingerprint density at radius 1 is 1.12 bits per heavy atom. The molecule has 0 aliphatic rings. The molecule has 0 unspecified atom stereocenters. The molecule has 0 bridgehead atoms. The first-order valence-electron chi connectivity index (χ1n) is 8.27. The Morgan fingerprint density at radius 2 is 1.88 bits per heavy atom. The van der Waals surface area contributed by atoms with E-state index in [4.69, 9.17) is 0 Å². The van der Waals surface area contributed by atoms with E-state index >= 15 is 0 Å². The predicted molar refractivity (Wildman–Crippen MR) is 97.4 cm³/mol. The molecule has 0 aliphatic carbocycles. The van der Waals surface area contributed by atoms with Crippen LogP contribution in [0.1, 0.15) is 35.9 Å². The summed E-state index contributed by atoms with van der Waals surface area (Å²) in [7, 11) is 0. The fraction of sp³-hybridized carbons (Fsp3) is 0.211. The molecule has 0 fully saturated rings. The van der Waals surface area contributed by atoms with Gasteiger partial charge in [-0.3, -0.25) is 19.6 Å². The number of pyridine rings is 2. The summed E-state index contributed by atoms with van der Waals surface area (Å²) in [4.78, 5) is 39.9. The summed E-state index contributed by atoms with van der Waals surface area (Å²) in [6, 6.07) is 7.87. The van der Waals surface area contributed by atoms with Gasteiger partial charge < -0.3 is 10.3 Å². The second-order valence-corrected chi connectivity index (χ2v) is 6.19. The van der Waals surface area contributed by atoms with E-state index in [1.165, 1.54) is 6.07 Å². The first-order valence-corrected chi connectivity index (χ1v) is 8.27. The minimum Gasteiger partial charge on any atom is -0.343 e. The van der Waals surface area contributed by atoms with Crippen LogP contribution in [0.2, 0.25) is 0 Å². The third-order valence-corrected chi connectivity index (χ3v) is 3.91. The number of carbonyl (C=O) groups excluding carboxylic acids is 1. The van der Waals surface area contributed by atoms with Crippen molar-refractivity contribution in [3.8, 4) is 11.4 Å². The minimum absolute atomic E-state index is 0.0387. The van der Waals surface area contributed by atoms with Gasteiger partial charge in [-0.05, 0) is 30.2 Å². The molecular weight excluding hydrogens is 330 g/mol. The second kappa shape index (κ2) is 7.69. The average molecular weight is 349 g/mol. The number of amides is 1. The van der Waals surface area contributed by atoms with Crippen LogP contribution in [-0.4, -0.2) is 25.8 Å². The van der Waals surface area contributed by atoms with E-state index in [2.05, 4.69) is 25.3 Å². The molecule has 1 amide bonds. The number of carbonyl (C=O) groups is 1. The van der Waals surface area contributed by atoms with Crippen LogP contribution in [0.3, 0.4) is 0 Å². The molecule has 26 heavy (non-hydrogen) atoms. The highest BCUT2D eigenvalue weighted by Gasteiger charge is 2.22. The topological polar surface area (TPSA) is 101 Å². The molecule has 0 radical (unpaired) electrons. The Bertz CT molecular complexity index is 939. The number of aromatic amines is 1. The fourth-order valence-electron chi connectivity index (χ4n) is 2.59. The van der Waals surface area contributed by atoms with Crippen molar-refractivity contribution < 1.29 is 4.79 Å². The van der Waals surface area contributed by atoms with Gasteiger partial charge in [-0.2, -0.15) is 0 Å². The maximum atomic E-state index is 12.5. The molecule has 3 aromatic rings. The number of aromatic nitrogens is 4. The van der Waals surface area contributed by atoms with E-state index in [0.29, 0.717) is 22.6 Å². The van der Waals surface area contributed by atoms with Gasteiger partial charge in [-0.15, -0.1) is 0 Å². The Labute approximate surface area is 150 Å². The molecule has 2 N–H and O–H groups in total. The first-order chi connectivity index (χ1) is 12.5. The van der Waals surface area contributed by atoms with Crippen LogP contribution in [0, 0.1) is 5.92 Å². The summed E-state index contributed by atoms with van der Waals surface area (Å²) < 4.78 is 0. The van der Waals surface area contributed by atoms with Crippen LogP contribution >= 0.6 is 0 Å². The van der Waals surface area contributed by atoms with Crippen molar-refractivity contribution in [1.29, 1.82) is 0 Å². The number of rotatable bonds is 5. The lowest BCUT2D eigenvalue weighted by atomic mass is 10.00. The molecule has 1 atom stereocenters. The van der Waals surface area contributed by atoms with Crippen molar-refractivity contribution in [2.24, 2.45) is 5.92 Å². The molecule has 0 spiro atoms. The predicted octanol–water partition coefficient (Wildman–Crippen LogP) is 2.35. The van der Waals surface area contributed by atoms with Gasteiger partial charge >= 0.3 is 0 Å². The van der Waals surface area contributed by atoms with Crippen molar-refractivity contribution >= 4 is 5.91 Å². The quantitative estimate of drug-likeness (QED) is 0.736. The fourth-order valence-corrected chi connectivity index (χ4v) is 2.59. The Morgan fingerprint density at radius 3 is 2.54 bits per heavy atom. The van der Waals surface area contributed by atoms with Gasteiger partial charge in [0.25, 0.3) is 11.5 Å². The number of nitrogens with one attached hydrogen (secondary N) is 2. The van der Waals surface area contributed by atoms with E-state index in [9.17, 15) is 9.59 Å². The lowest BCUT2D eigenvalue weighted by Gasteiger charge is -2.22. The van der Waals surface area contributed by atoms with Crippen LogP contribution < -0.4 is 10.9 Å². The normalized spacial score (nSPS) is 12.0. The molecule has 3 heterocycles. The summed E-state index contributed by atoms with van der Waals surface area (Å²) in [5.74, 6) is 0.220. The van der Waals surface area contributed by atoms with Gasteiger partial charge in [0.05, 0.1) is 11.7 Å². The highest BCUT2D eigenvalue weighted by Crippen LogP contribution is 2.21. The minimum atomic E-state index is -0.409. The first kappa shape index (κ1) is 17.5. The molecule has 132 valence electrons.